The Morgan fingerprint density at radius 1 is 1.07 bits per heavy atom. The molecule has 0 spiro atoms. The van der Waals surface area contributed by atoms with Crippen molar-refractivity contribution < 1.29 is 23.9 Å². The molecular formula is C32H49N5O5. The third-order valence-corrected chi connectivity index (χ3v) is 8.85. The molecule has 2 fully saturated rings. The number of hydrogen-bond donors (Lipinski definition) is 2. The number of Topliss-reactive ketones (excluding diaryl/α,β-unsaturated/α-hetero) is 1. The number of rotatable bonds is 8. The van der Waals surface area contributed by atoms with Crippen molar-refractivity contribution in [2.45, 2.75) is 115 Å². The summed E-state index contributed by atoms with van der Waals surface area (Å²) in [6, 6.07) is 6.06. The van der Waals surface area contributed by atoms with Crippen molar-refractivity contribution in [2.24, 2.45) is 11.7 Å². The van der Waals surface area contributed by atoms with Crippen LogP contribution in [-0.2, 0) is 25.5 Å². The maximum Gasteiger partial charge on any atom is 0.410 e. The Labute approximate surface area is 250 Å². The van der Waals surface area contributed by atoms with Crippen LogP contribution in [0.4, 0.5) is 4.79 Å². The standard InChI is InChI=1S/C32H49N5O5/c1-21(35(5)31(41)42-32(2,3)4)30(40)37(20-28(38)23-13-7-6-8-14-23)36-19-24(33)18-27(36)29(39)34-26-17-11-15-22-12-9-10-16-25(22)26/h9-10,12,16,21,23-24,26-27H,6-8,11,13-15,17-20,33H2,1-5H3,(H,34,39)/t21?,24-,26+,27-/m0/s1. The van der Waals surface area contributed by atoms with E-state index in [1.807, 2.05) is 12.1 Å². The second-order valence-electron chi connectivity index (χ2n) is 13.3. The van der Waals surface area contributed by atoms with E-state index in [1.54, 1.807) is 32.7 Å². The lowest BCUT2D eigenvalue weighted by Crippen LogP contribution is -2.60. The highest BCUT2D eigenvalue weighted by atomic mass is 16.6. The lowest BCUT2D eigenvalue weighted by molar-refractivity contribution is -0.162. The quantitative estimate of drug-likeness (QED) is 0.478. The molecule has 10 heteroatoms. The third-order valence-electron chi connectivity index (χ3n) is 8.85. The van der Waals surface area contributed by atoms with Gasteiger partial charge in [-0.1, -0.05) is 43.5 Å². The molecule has 42 heavy (non-hydrogen) atoms. The van der Waals surface area contributed by atoms with E-state index in [-0.39, 0.29) is 42.8 Å². The maximum absolute atomic E-state index is 14.1. The first-order chi connectivity index (χ1) is 19.9. The van der Waals surface area contributed by atoms with Gasteiger partial charge in [-0.2, -0.15) is 0 Å². The number of hydrogen-bond acceptors (Lipinski definition) is 7. The number of ketones is 1. The molecule has 232 valence electrons. The van der Waals surface area contributed by atoms with E-state index in [0.29, 0.717) is 6.42 Å². The summed E-state index contributed by atoms with van der Waals surface area (Å²) >= 11 is 0. The smallest absolute Gasteiger partial charge is 0.410 e. The van der Waals surface area contributed by atoms with Crippen LogP contribution in [0.5, 0.6) is 0 Å². The van der Waals surface area contributed by atoms with Crippen LogP contribution >= 0.6 is 0 Å². The van der Waals surface area contributed by atoms with Crippen LogP contribution in [0.3, 0.4) is 0 Å². The molecule has 1 saturated carbocycles. The molecule has 1 saturated heterocycles. The molecule has 0 aromatic heterocycles. The molecule has 0 radical (unpaired) electrons. The molecule has 3 N–H and O–H groups in total. The van der Waals surface area contributed by atoms with Gasteiger partial charge in [0.25, 0.3) is 5.91 Å². The van der Waals surface area contributed by atoms with Crippen LogP contribution < -0.4 is 11.1 Å². The molecule has 2 aliphatic carbocycles. The fourth-order valence-corrected chi connectivity index (χ4v) is 6.40. The average molecular weight is 584 g/mol. The number of nitrogens with zero attached hydrogens (tertiary/aromatic N) is 3. The lowest BCUT2D eigenvalue weighted by Gasteiger charge is -2.39. The second-order valence-corrected chi connectivity index (χ2v) is 13.3. The Morgan fingerprint density at radius 2 is 1.76 bits per heavy atom. The predicted octanol–water partition coefficient (Wildman–Crippen LogP) is 3.73. The summed E-state index contributed by atoms with van der Waals surface area (Å²) in [4.78, 5) is 55.6. The first-order valence-electron chi connectivity index (χ1n) is 15.6. The van der Waals surface area contributed by atoms with Crippen LogP contribution in [0.2, 0.25) is 0 Å². The predicted molar refractivity (Wildman–Crippen MR) is 160 cm³/mol. The number of ether oxygens (including phenoxy) is 1. The Bertz CT molecular complexity index is 1140. The Balaban J connectivity index is 1.57. The molecule has 1 aliphatic heterocycles. The van der Waals surface area contributed by atoms with E-state index in [1.165, 1.54) is 22.5 Å². The van der Waals surface area contributed by atoms with Gasteiger partial charge >= 0.3 is 6.09 Å². The summed E-state index contributed by atoms with van der Waals surface area (Å²) in [6.07, 6.45) is 7.22. The van der Waals surface area contributed by atoms with Crippen molar-refractivity contribution >= 4 is 23.7 Å². The SMILES string of the molecule is CC(C(=O)N(CC(=O)C1CCCCC1)N1C[C@@H](N)C[C@H]1C(=O)N[C@@H]1CCCc2ccccc21)N(C)C(=O)OC(C)(C)C. The molecule has 1 aromatic carbocycles. The topological polar surface area (TPSA) is 125 Å². The fraction of sp³-hybridized carbons (Fsp3) is 0.688. The van der Waals surface area contributed by atoms with Gasteiger partial charge in [-0.25, -0.2) is 9.80 Å². The zero-order valence-corrected chi connectivity index (χ0v) is 25.9. The average Bonchev–Trinajstić information content (AvgIpc) is 3.35. The van der Waals surface area contributed by atoms with Gasteiger partial charge in [-0.05, 0) is 77.3 Å². The minimum atomic E-state index is -0.926. The number of likely N-dealkylation sites (N-methyl/N-ethyl adjacent to an activating group) is 1. The van der Waals surface area contributed by atoms with Crippen LogP contribution in [0.25, 0.3) is 0 Å². The van der Waals surface area contributed by atoms with Crippen LogP contribution in [-0.4, -0.2) is 82.5 Å². The van der Waals surface area contributed by atoms with Crippen LogP contribution in [0.1, 0.15) is 96.2 Å². The van der Waals surface area contributed by atoms with E-state index in [0.717, 1.165) is 56.9 Å². The van der Waals surface area contributed by atoms with Crippen molar-refractivity contribution in [3.05, 3.63) is 35.4 Å². The molecule has 1 aromatic rings. The minimum Gasteiger partial charge on any atom is -0.444 e. The zero-order chi connectivity index (χ0) is 30.6. The van der Waals surface area contributed by atoms with E-state index in [9.17, 15) is 19.2 Å². The van der Waals surface area contributed by atoms with Gasteiger partial charge in [0.15, 0.2) is 5.78 Å². The van der Waals surface area contributed by atoms with Crippen LogP contribution in [0, 0.1) is 5.92 Å². The largest absolute Gasteiger partial charge is 0.444 e. The van der Waals surface area contributed by atoms with Gasteiger partial charge in [0, 0.05) is 25.6 Å². The van der Waals surface area contributed by atoms with Gasteiger partial charge in [0.1, 0.15) is 17.7 Å². The monoisotopic (exact) mass is 583 g/mol. The highest BCUT2D eigenvalue weighted by Crippen LogP contribution is 2.31. The van der Waals surface area contributed by atoms with Crippen molar-refractivity contribution in [1.29, 1.82) is 0 Å². The summed E-state index contributed by atoms with van der Waals surface area (Å²) in [6.45, 7) is 7.01. The number of aryl methyl sites for hydroxylation is 1. The Morgan fingerprint density at radius 3 is 2.45 bits per heavy atom. The molecule has 3 aliphatic rings. The number of carbonyl (C=O) groups excluding carboxylic acids is 4. The maximum atomic E-state index is 14.1. The van der Waals surface area contributed by atoms with Crippen molar-refractivity contribution in [1.82, 2.24) is 20.2 Å². The van der Waals surface area contributed by atoms with Gasteiger partial charge in [0.05, 0.1) is 12.6 Å². The van der Waals surface area contributed by atoms with E-state index < -0.39 is 29.7 Å². The van der Waals surface area contributed by atoms with Gasteiger partial charge in [-0.3, -0.25) is 24.3 Å². The van der Waals surface area contributed by atoms with Crippen molar-refractivity contribution in [3.63, 3.8) is 0 Å². The zero-order valence-electron chi connectivity index (χ0n) is 25.9. The molecule has 4 atom stereocenters. The fourth-order valence-electron chi connectivity index (χ4n) is 6.40. The minimum absolute atomic E-state index is 0.0176. The Hall–Kier alpha value is -2.98. The Kier molecular flexibility index (Phi) is 10.3. The molecule has 3 amide bonds. The number of hydrazine groups is 1. The lowest BCUT2D eigenvalue weighted by atomic mass is 9.86. The van der Waals surface area contributed by atoms with E-state index in [4.69, 9.17) is 10.5 Å². The summed E-state index contributed by atoms with van der Waals surface area (Å²) < 4.78 is 5.49. The summed E-state index contributed by atoms with van der Waals surface area (Å²) in [5.41, 5.74) is 8.03. The summed E-state index contributed by atoms with van der Waals surface area (Å²) in [5.74, 6) is -0.783. The van der Waals surface area contributed by atoms with Crippen molar-refractivity contribution in [2.75, 3.05) is 20.1 Å². The number of fused-ring (bicyclic) bond motifs is 1. The summed E-state index contributed by atoms with van der Waals surface area (Å²) in [5, 5.41) is 6.31. The molecule has 1 heterocycles. The van der Waals surface area contributed by atoms with Gasteiger partial charge in [0.2, 0.25) is 5.91 Å². The number of carbonyl (C=O) groups is 4. The highest BCUT2D eigenvalue weighted by Gasteiger charge is 2.44. The number of nitrogens with two attached hydrogens (primary N) is 1. The molecule has 4 rings (SSSR count). The number of amides is 3. The van der Waals surface area contributed by atoms with E-state index >= 15 is 0 Å². The summed E-state index contributed by atoms with van der Waals surface area (Å²) in [7, 11) is 1.51. The number of benzene rings is 1. The number of nitrogens with one attached hydrogen (secondary N) is 1. The second kappa shape index (κ2) is 13.5. The van der Waals surface area contributed by atoms with Gasteiger partial charge < -0.3 is 15.8 Å². The molecule has 1 unspecified atom stereocenters. The molecular weight excluding hydrogens is 534 g/mol. The molecule has 10 nitrogen and oxygen atoms in total. The third kappa shape index (κ3) is 7.69. The van der Waals surface area contributed by atoms with Crippen LogP contribution in [0.15, 0.2) is 24.3 Å². The van der Waals surface area contributed by atoms with E-state index in [2.05, 4.69) is 17.4 Å². The highest BCUT2D eigenvalue weighted by molar-refractivity contribution is 5.91. The van der Waals surface area contributed by atoms with Crippen molar-refractivity contribution in [3.8, 4) is 0 Å². The van der Waals surface area contributed by atoms with Gasteiger partial charge in [-0.15, -0.1) is 0 Å². The first-order valence-corrected chi connectivity index (χ1v) is 15.6. The first kappa shape index (κ1) is 31.9. The normalized spacial score (nSPS) is 23.9. The molecule has 0 bridgehead atoms.